The van der Waals surface area contributed by atoms with Crippen molar-refractivity contribution in [1.82, 2.24) is 9.78 Å². The lowest BCUT2D eigenvalue weighted by Crippen LogP contribution is -2.33. The fraction of sp³-hybridized carbons (Fsp3) is 0.600. The van der Waals surface area contributed by atoms with Gasteiger partial charge >= 0.3 is 0 Å². The molecule has 1 atom stereocenters. The molecule has 1 aromatic heterocycles. The molecular weight excluding hydrogens is 228 g/mol. The molecule has 3 N–H and O–H groups in total. The molecule has 92 valence electrons. The first-order valence-electron chi connectivity index (χ1n) is 5.09. The van der Waals surface area contributed by atoms with Crippen molar-refractivity contribution in [3.05, 3.63) is 12.3 Å². The Morgan fingerprint density at radius 1 is 1.56 bits per heavy atom. The molecule has 1 amide bonds. The van der Waals surface area contributed by atoms with E-state index in [1.807, 2.05) is 0 Å². The molecule has 1 rings (SSSR count). The Hall–Kier alpha value is -1.07. The van der Waals surface area contributed by atoms with Gasteiger partial charge in [0.1, 0.15) is 5.82 Å². The van der Waals surface area contributed by atoms with Crippen LogP contribution in [-0.2, 0) is 11.3 Å². The summed E-state index contributed by atoms with van der Waals surface area (Å²) in [6.07, 6.45) is 1.67. The summed E-state index contributed by atoms with van der Waals surface area (Å²) in [5.74, 6) is 0.988. The summed E-state index contributed by atoms with van der Waals surface area (Å²) in [6, 6.07) is 1.26. The average molecular weight is 247 g/mol. The molecule has 0 saturated heterocycles. The summed E-state index contributed by atoms with van der Waals surface area (Å²) in [7, 11) is 0. The van der Waals surface area contributed by atoms with Gasteiger partial charge < -0.3 is 11.1 Å². The van der Waals surface area contributed by atoms with Crippen LogP contribution < -0.4 is 11.1 Å². The van der Waals surface area contributed by atoms with Crippen molar-refractivity contribution in [2.24, 2.45) is 11.7 Å². The lowest BCUT2D eigenvalue weighted by Gasteiger charge is -2.11. The van der Waals surface area contributed by atoms with E-state index in [2.05, 4.69) is 24.3 Å². The first kappa shape index (κ1) is 14.9. The Kier molecular flexibility index (Phi) is 6.06. The van der Waals surface area contributed by atoms with Gasteiger partial charge in [0, 0.05) is 12.6 Å². The SMILES string of the molecule is CC(C)Cn1nccc1NC(=O)[C@H](C)N.Cl. The van der Waals surface area contributed by atoms with Crippen molar-refractivity contribution in [3.63, 3.8) is 0 Å². The highest BCUT2D eigenvalue weighted by Gasteiger charge is 2.11. The Morgan fingerprint density at radius 2 is 2.19 bits per heavy atom. The van der Waals surface area contributed by atoms with Crippen molar-refractivity contribution >= 4 is 24.1 Å². The van der Waals surface area contributed by atoms with Crippen LogP contribution in [-0.4, -0.2) is 21.7 Å². The van der Waals surface area contributed by atoms with Crippen LogP contribution in [0.1, 0.15) is 20.8 Å². The quantitative estimate of drug-likeness (QED) is 0.840. The third kappa shape index (κ3) is 4.20. The van der Waals surface area contributed by atoms with Crippen LogP contribution in [0.3, 0.4) is 0 Å². The van der Waals surface area contributed by atoms with Crippen LogP contribution in [0.4, 0.5) is 5.82 Å². The predicted molar refractivity (Wildman–Crippen MR) is 66.6 cm³/mol. The molecular formula is C10H19ClN4O. The van der Waals surface area contributed by atoms with Crippen LogP contribution in [0.5, 0.6) is 0 Å². The molecule has 0 radical (unpaired) electrons. The van der Waals surface area contributed by atoms with Crippen molar-refractivity contribution < 1.29 is 4.79 Å². The van der Waals surface area contributed by atoms with E-state index in [4.69, 9.17) is 5.73 Å². The topological polar surface area (TPSA) is 72.9 Å². The Bertz CT molecular complexity index is 335. The van der Waals surface area contributed by atoms with Gasteiger partial charge in [-0.05, 0) is 12.8 Å². The summed E-state index contributed by atoms with van der Waals surface area (Å²) >= 11 is 0. The monoisotopic (exact) mass is 246 g/mol. The van der Waals surface area contributed by atoms with Gasteiger partial charge in [0.15, 0.2) is 0 Å². The molecule has 16 heavy (non-hydrogen) atoms. The molecule has 0 aliphatic carbocycles. The van der Waals surface area contributed by atoms with Gasteiger partial charge in [-0.1, -0.05) is 13.8 Å². The Morgan fingerprint density at radius 3 is 2.69 bits per heavy atom. The van der Waals surface area contributed by atoms with Crippen molar-refractivity contribution in [3.8, 4) is 0 Å². The Labute approximate surface area is 102 Å². The lowest BCUT2D eigenvalue weighted by atomic mass is 10.2. The number of hydrogen-bond donors (Lipinski definition) is 2. The van der Waals surface area contributed by atoms with E-state index in [0.29, 0.717) is 11.7 Å². The lowest BCUT2D eigenvalue weighted by molar-refractivity contribution is -0.117. The molecule has 0 aromatic carbocycles. The number of carbonyl (C=O) groups is 1. The van der Waals surface area contributed by atoms with E-state index in [0.717, 1.165) is 6.54 Å². The molecule has 1 aromatic rings. The fourth-order valence-corrected chi connectivity index (χ4v) is 1.17. The zero-order chi connectivity index (χ0) is 11.4. The molecule has 0 unspecified atom stereocenters. The maximum Gasteiger partial charge on any atom is 0.242 e. The van der Waals surface area contributed by atoms with E-state index < -0.39 is 6.04 Å². The fourth-order valence-electron chi connectivity index (χ4n) is 1.17. The van der Waals surface area contributed by atoms with Gasteiger partial charge in [0.05, 0.1) is 12.2 Å². The van der Waals surface area contributed by atoms with Crippen LogP contribution >= 0.6 is 12.4 Å². The molecule has 0 fully saturated rings. The molecule has 0 bridgehead atoms. The minimum Gasteiger partial charge on any atom is -0.320 e. The highest BCUT2D eigenvalue weighted by Crippen LogP contribution is 2.09. The summed E-state index contributed by atoms with van der Waals surface area (Å²) in [5.41, 5.74) is 5.46. The van der Waals surface area contributed by atoms with Gasteiger partial charge in [-0.25, -0.2) is 4.68 Å². The molecule has 0 saturated carbocycles. The predicted octanol–water partition coefficient (Wildman–Crippen LogP) is 1.25. The first-order valence-corrected chi connectivity index (χ1v) is 5.09. The molecule has 5 nitrogen and oxygen atoms in total. The normalized spacial score (nSPS) is 12.1. The third-order valence-electron chi connectivity index (χ3n) is 1.92. The van der Waals surface area contributed by atoms with E-state index in [9.17, 15) is 4.79 Å². The van der Waals surface area contributed by atoms with Crippen LogP contribution in [0.25, 0.3) is 0 Å². The van der Waals surface area contributed by atoms with Gasteiger partial charge in [-0.2, -0.15) is 5.10 Å². The smallest absolute Gasteiger partial charge is 0.242 e. The number of anilines is 1. The Balaban J connectivity index is 0.00000225. The maximum absolute atomic E-state index is 11.4. The standard InChI is InChI=1S/C10H18N4O.ClH/c1-7(2)6-14-9(4-5-12-14)13-10(15)8(3)11;/h4-5,7-8H,6,11H2,1-3H3,(H,13,15);1H/t8-;/m0./s1. The van der Waals surface area contributed by atoms with Crippen LogP contribution in [0, 0.1) is 5.92 Å². The number of carbonyl (C=O) groups excluding carboxylic acids is 1. The number of nitrogens with one attached hydrogen (secondary N) is 1. The third-order valence-corrected chi connectivity index (χ3v) is 1.92. The molecule has 0 aliphatic heterocycles. The second-order valence-electron chi connectivity index (χ2n) is 4.07. The second-order valence-corrected chi connectivity index (χ2v) is 4.07. The minimum absolute atomic E-state index is 0. The largest absolute Gasteiger partial charge is 0.320 e. The van der Waals surface area contributed by atoms with E-state index >= 15 is 0 Å². The van der Waals surface area contributed by atoms with Crippen molar-refractivity contribution in [2.45, 2.75) is 33.4 Å². The van der Waals surface area contributed by atoms with Gasteiger partial charge in [-0.3, -0.25) is 4.79 Å². The summed E-state index contributed by atoms with van der Waals surface area (Å²) in [6.45, 7) is 6.62. The number of amides is 1. The summed E-state index contributed by atoms with van der Waals surface area (Å²) in [4.78, 5) is 11.4. The molecule has 6 heteroatoms. The number of nitrogens with zero attached hydrogens (tertiary/aromatic N) is 2. The number of nitrogens with two attached hydrogens (primary N) is 1. The number of aromatic nitrogens is 2. The number of halogens is 1. The highest BCUT2D eigenvalue weighted by atomic mass is 35.5. The molecule has 1 heterocycles. The van der Waals surface area contributed by atoms with E-state index in [1.165, 1.54) is 0 Å². The van der Waals surface area contributed by atoms with Gasteiger partial charge in [0.2, 0.25) is 5.91 Å². The zero-order valence-electron chi connectivity index (χ0n) is 9.80. The van der Waals surface area contributed by atoms with Crippen LogP contribution in [0.2, 0.25) is 0 Å². The minimum atomic E-state index is -0.507. The number of rotatable bonds is 4. The maximum atomic E-state index is 11.4. The zero-order valence-corrected chi connectivity index (χ0v) is 10.6. The van der Waals surface area contributed by atoms with Crippen molar-refractivity contribution in [2.75, 3.05) is 5.32 Å². The first-order chi connectivity index (χ1) is 7.00. The van der Waals surface area contributed by atoms with Gasteiger partial charge in [0.25, 0.3) is 0 Å². The van der Waals surface area contributed by atoms with E-state index in [1.54, 1.807) is 23.9 Å². The summed E-state index contributed by atoms with van der Waals surface area (Å²) < 4.78 is 1.77. The number of hydrogen-bond acceptors (Lipinski definition) is 3. The molecule has 0 aliphatic rings. The van der Waals surface area contributed by atoms with Gasteiger partial charge in [-0.15, -0.1) is 12.4 Å². The van der Waals surface area contributed by atoms with E-state index in [-0.39, 0.29) is 18.3 Å². The molecule has 0 spiro atoms. The second kappa shape index (κ2) is 6.50. The summed E-state index contributed by atoms with van der Waals surface area (Å²) in [5, 5.41) is 6.86. The van der Waals surface area contributed by atoms with Crippen molar-refractivity contribution in [1.29, 1.82) is 0 Å². The van der Waals surface area contributed by atoms with Crippen LogP contribution in [0.15, 0.2) is 12.3 Å². The average Bonchev–Trinajstić information content (AvgIpc) is 2.51. The highest BCUT2D eigenvalue weighted by molar-refractivity contribution is 5.93.